The monoisotopic (exact) mass is 600 g/mol. The molecule has 40 heavy (non-hydrogen) atoms. The van der Waals surface area contributed by atoms with Gasteiger partial charge in [0.25, 0.3) is 0 Å². The van der Waals surface area contributed by atoms with E-state index in [0.717, 1.165) is 59.1 Å². The van der Waals surface area contributed by atoms with Crippen LogP contribution in [0.1, 0.15) is 57.9 Å². The second kappa shape index (κ2) is 12.1. The quantitative estimate of drug-likeness (QED) is 0.226. The van der Waals surface area contributed by atoms with Crippen LogP contribution in [-0.2, 0) is 11.2 Å². The smallest absolute Gasteiger partial charge is 0.339 e. The highest BCUT2D eigenvalue weighted by atomic mass is 79.9. The number of amides is 1. The first-order chi connectivity index (χ1) is 19.4. The highest BCUT2D eigenvalue weighted by Gasteiger charge is 2.26. The van der Waals surface area contributed by atoms with E-state index in [0.29, 0.717) is 10.0 Å². The van der Waals surface area contributed by atoms with E-state index in [2.05, 4.69) is 81.6 Å². The molecule has 2 N–H and O–H groups in total. The molecular weight excluding hydrogens is 568 g/mol. The van der Waals surface area contributed by atoms with Crippen molar-refractivity contribution in [3.05, 3.63) is 105 Å². The number of carboxylic acids is 1. The topological polar surface area (TPSA) is 78.9 Å². The third kappa shape index (κ3) is 5.85. The second-order valence-electron chi connectivity index (χ2n) is 10.3. The van der Waals surface area contributed by atoms with Crippen LogP contribution in [0.2, 0.25) is 0 Å². The Morgan fingerprint density at radius 3 is 2.45 bits per heavy atom. The molecule has 0 aliphatic carbocycles. The molecule has 4 aromatic rings. The molecule has 7 heteroatoms. The molecule has 0 bridgehead atoms. The van der Waals surface area contributed by atoms with E-state index in [-0.39, 0.29) is 29.7 Å². The lowest BCUT2D eigenvalue weighted by Gasteiger charge is -2.34. The fourth-order valence-electron chi connectivity index (χ4n) is 5.61. The van der Waals surface area contributed by atoms with E-state index < -0.39 is 5.97 Å². The number of nitrogens with one attached hydrogen (secondary N) is 1. The van der Waals surface area contributed by atoms with Gasteiger partial charge in [-0.2, -0.15) is 0 Å². The highest BCUT2D eigenvalue weighted by Crippen LogP contribution is 2.36. The molecule has 1 heterocycles. The minimum Gasteiger partial charge on any atom is -0.496 e. The maximum atomic E-state index is 13.7. The highest BCUT2D eigenvalue weighted by molar-refractivity contribution is 9.10. The van der Waals surface area contributed by atoms with Gasteiger partial charge in [0.2, 0.25) is 5.91 Å². The number of piperidine rings is 1. The van der Waals surface area contributed by atoms with E-state index in [1.165, 1.54) is 19.6 Å². The average molecular weight is 602 g/mol. The standard InChI is InChI=1S/C33H33BrN2O4/c1-21-9-8-12-28(36-15-6-3-7-16-36)31(21)32(24-14-13-22-10-4-5-11-23(22)17-24)35-30(37)19-25-18-29(40-2)26(33(38)39)20-27(25)34/h4-5,8-14,17-18,20,32H,3,6-7,15-16,19H2,1-2H3,(H,35,37)(H,38,39). The van der Waals surface area contributed by atoms with Crippen molar-refractivity contribution in [1.82, 2.24) is 5.32 Å². The van der Waals surface area contributed by atoms with Crippen molar-refractivity contribution >= 4 is 44.3 Å². The minimum absolute atomic E-state index is 0.0404. The number of rotatable bonds is 8. The van der Waals surface area contributed by atoms with Crippen LogP contribution in [0.5, 0.6) is 5.75 Å². The van der Waals surface area contributed by atoms with Crippen LogP contribution >= 0.6 is 15.9 Å². The molecule has 206 valence electrons. The van der Waals surface area contributed by atoms with Crippen LogP contribution in [0.4, 0.5) is 5.69 Å². The number of benzene rings is 4. The number of carboxylic acid groups (broad SMARTS) is 1. The summed E-state index contributed by atoms with van der Waals surface area (Å²) in [5, 5.41) is 15.1. The van der Waals surface area contributed by atoms with Gasteiger partial charge >= 0.3 is 5.97 Å². The predicted octanol–water partition coefficient (Wildman–Crippen LogP) is 7.06. The van der Waals surface area contributed by atoms with Crippen molar-refractivity contribution in [2.24, 2.45) is 0 Å². The first kappa shape index (κ1) is 27.7. The maximum absolute atomic E-state index is 13.7. The molecule has 0 spiro atoms. The van der Waals surface area contributed by atoms with Crippen molar-refractivity contribution in [3.8, 4) is 5.75 Å². The first-order valence-electron chi connectivity index (χ1n) is 13.6. The van der Waals surface area contributed by atoms with E-state index in [4.69, 9.17) is 4.74 Å². The van der Waals surface area contributed by atoms with Crippen LogP contribution in [-0.4, -0.2) is 37.2 Å². The fourth-order valence-corrected chi connectivity index (χ4v) is 6.10. The summed E-state index contributed by atoms with van der Waals surface area (Å²) in [4.78, 5) is 27.8. The summed E-state index contributed by atoms with van der Waals surface area (Å²) in [5.41, 5.74) is 5.08. The molecule has 0 radical (unpaired) electrons. The average Bonchev–Trinajstić information content (AvgIpc) is 2.97. The number of nitrogens with zero attached hydrogens (tertiary/aromatic N) is 1. The van der Waals surface area contributed by atoms with Gasteiger partial charge in [0, 0.05) is 28.8 Å². The summed E-state index contributed by atoms with van der Waals surface area (Å²) < 4.78 is 5.85. The molecule has 1 atom stereocenters. The Morgan fingerprint density at radius 2 is 1.73 bits per heavy atom. The maximum Gasteiger partial charge on any atom is 0.339 e. The third-order valence-corrected chi connectivity index (χ3v) is 8.39. The molecule has 4 aromatic carbocycles. The molecule has 1 amide bonds. The number of methoxy groups -OCH3 is 1. The zero-order chi connectivity index (χ0) is 28.2. The molecule has 0 saturated carbocycles. The number of anilines is 1. The van der Waals surface area contributed by atoms with Gasteiger partial charge < -0.3 is 20.1 Å². The van der Waals surface area contributed by atoms with Gasteiger partial charge in [-0.3, -0.25) is 4.79 Å². The van der Waals surface area contributed by atoms with Crippen molar-refractivity contribution in [2.75, 3.05) is 25.1 Å². The lowest BCUT2D eigenvalue weighted by Crippen LogP contribution is -2.35. The number of aromatic carboxylic acids is 1. The number of carbonyl (C=O) groups excluding carboxylic acids is 1. The molecule has 5 rings (SSSR count). The van der Waals surface area contributed by atoms with Gasteiger partial charge in [-0.05, 0) is 77.9 Å². The fraction of sp³-hybridized carbons (Fsp3) is 0.273. The summed E-state index contributed by atoms with van der Waals surface area (Å²) in [6.45, 7) is 4.10. The van der Waals surface area contributed by atoms with Gasteiger partial charge in [-0.25, -0.2) is 4.79 Å². The number of hydrogen-bond donors (Lipinski definition) is 2. The Balaban J connectivity index is 1.55. The Kier molecular flexibility index (Phi) is 8.40. The zero-order valence-electron chi connectivity index (χ0n) is 22.7. The summed E-state index contributed by atoms with van der Waals surface area (Å²) in [7, 11) is 1.43. The van der Waals surface area contributed by atoms with Crippen molar-refractivity contribution < 1.29 is 19.4 Å². The summed E-state index contributed by atoms with van der Waals surface area (Å²) in [6.07, 6.45) is 3.61. The van der Waals surface area contributed by atoms with Crippen LogP contribution in [0.25, 0.3) is 10.8 Å². The molecule has 1 aliphatic heterocycles. The number of ether oxygens (including phenoxy) is 1. The van der Waals surface area contributed by atoms with E-state index in [1.54, 1.807) is 6.07 Å². The summed E-state index contributed by atoms with van der Waals surface area (Å²) in [6, 6.07) is 23.7. The van der Waals surface area contributed by atoms with Crippen molar-refractivity contribution in [3.63, 3.8) is 0 Å². The van der Waals surface area contributed by atoms with Crippen molar-refractivity contribution in [1.29, 1.82) is 0 Å². The van der Waals surface area contributed by atoms with E-state index in [9.17, 15) is 14.7 Å². The molecular formula is C33H33BrN2O4. The number of fused-ring (bicyclic) bond motifs is 1. The summed E-state index contributed by atoms with van der Waals surface area (Å²) in [5.74, 6) is -1.04. The zero-order valence-corrected chi connectivity index (χ0v) is 24.3. The normalized spacial score (nSPS) is 14.1. The lowest BCUT2D eigenvalue weighted by molar-refractivity contribution is -0.120. The second-order valence-corrected chi connectivity index (χ2v) is 11.1. The largest absolute Gasteiger partial charge is 0.496 e. The van der Waals surface area contributed by atoms with E-state index in [1.807, 2.05) is 12.1 Å². The van der Waals surface area contributed by atoms with Gasteiger partial charge in [0.15, 0.2) is 0 Å². The van der Waals surface area contributed by atoms with Crippen LogP contribution < -0.4 is 15.0 Å². The van der Waals surface area contributed by atoms with Gasteiger partial charge in [-0.15, -0.1) is 0 Å². The number of hydrogen-bond acceptors (Lipinski definition) is 4. The Bertz CT molecular complexity index is 1560. The van der Waals surface area contributed by atoms with Gasteiger partial charge in [0.1, 0.15) is 11.3 Å². The van der Waals surface area contributed by atoms with Crippen LogP contribution in [0.15, 0.2) is 77.3 Å². The van der Waals surface area contributed by atoms with Crippen molar-refractivity contribution in [2.45, 2.75) is 38.6 Å². The molecule has 1 aliphatic rings. The SMILES string of the molecule is COc1cc(CC(=O)NC(c2ccc3ccccc3c2)c2c(C)cccc2N2CCCCC2)c(Br)cc1C(=O)O. The number of halogens is 1. The summed E-state index contributed by atoms with van der Waals surface area (Å²) >= 11 is 3.46. The molecule has 1 unspecified atom stereocenters. The Labute approximate surface area is 243 Å². The predicted molar refractivity (Wildman–Crippen MR) is 163 cm³/mol. The molecule has 1 saturated heterocycles. The molecule has 6 nitrogen and oxygen atoms in total. The Morgan fingerprint density at radius 1 is 0.975 bits per heavy atom. The molecule has 1 fully saturated rings. The van der Waals surface area contributed by atoms with Gasteiger partial charge in [-0.1, -0.05) is 64.5 Å². The first-order valence-corrected chi connectivity index (χ1v) is 14.4. The lowest BCUT2D eigenvalue weighted by atomic mass is 9.90. The van der Waals surface area contributed by atoms with Gasteiger partial charge in [0.05, 0.1) is 19.6 Å². The third-order valence-electron chi connectivity index (χ3n) is 7.65. The van der Waals surface area contributed by atoms with Crippen LogP contribution in [0.3, 0.4) is 0 Å². The number of carbonyl (C=O) groups is 2. The number of aryl methyl sites for hydroxylation is 1. The van der Waals surface area contributed by atoms with E-state index >= 15 is 0 Å². The minimum atomic E-state index is -1.09. The van der Waals surface area contributed by atoms with Crippen LogP contribution in [0, 0.1) is 6.92 Å². The Hall–Kier alpha value is -3.84. The molecule has 0 aromatic heterocycles.